The normalized spacial score (nSPS) is 14.4. The first kappa shape index (κ1) is 32.4. The maximum absolute atomic E-state index is 14.2. The summed E-state index contributed by atoms with van der Waals surface area (Å²) in [7, 11) is 3.10. The minimum Gasteiger partial charge on any atom is -0.494 e. The van der Waals surface area contributed by atoms with Crippen LogP contribution in [0.5, 0.6) is 17.2 Å². The fourth-order valence-corrected chi connectivity index (χ4v) is 8.56. The van der Waals surface area contributed by atoms with Crippen LogP contribution in [0.2, 0.25) is 0 Å². The van der Waals surface area contributed by atoms with Crippen LogP contribution in [0.4, 0.5) is 5.69 Å². The molecule has 3 aromatic heterocycles. The van der Waals surface area contributed by atoms with Crippen molar-refractivity contribution in [2.24, 2.45) is 4.99 Å². The third kappa shape index (κ3) is 6.52. The summed E-state index contributed by atoms with van der Waals surface area (Å²) in [5.41, 5.74) is 2.73. The van der Waals surface area contributed by atoms with Crippen LogP contribution < -0.4 is 34.4 Å². The fraction of sp³-hybridized carbons (Fsp3) is 0.167. The van der Waals surface area contributed by atoms with E-state index in [1.54, 1.807) is 67.4 Å². The molecule has 7 rings (SSSR count). The van der Waals surface area contributed by atoms with Crippen LogP contribution in [0.25, 0.3) is 16.3 Å². The number of thiazole rings is 2. The number of furan rings is 1. The average molecular weight is 711 g/mol. The van der Waals surface area contributed by atoms with Gasteiger partial charge in [0.1, 0.15) is 11.5 Å². The Labute approximate surface area is 293 Å². The maximum Gasteiger partial charge on any atom is 0.271 e. The minimum absolute atomic E-state index is 0.303. The zero-order chi connectivity index (χ0) is 34.1. The molecule has 3 aromatic carbocycles. The van der Waals surface area contributed by atoms with Crippen LogP contribution >= 0.6 is 34.4 Å². The number of carbonyl (C=O) groups excluding carboxylic acids is 1. The highest BCUT2D eigenvalue weighted by Gasteiger charge is 2.33. The van der Waals surface area contributed by atoms with Gasteiger partial charge in [0, 0.05) is 11.8 Å². The fourth-order valence-electron chi connectivity index (χ4n) is 5.54. The largest absolute Gasteiger partial charge is 0.494 e. The summed E-state index contributed by atoms with van der Waals surface area (Å²) in [4.78, 5) is 38.0. The molecule has 1 N–H and O–H groups in total. The Bertz CT molecular complexity index is 2410. The molecule has 248 valence electrons. The Balaban J connectivity index is 1.25. The number of nitrogens with zero attached hydrogens (tertiary/aromatic N) is 3. The number of methoxy groups -OCH3 is 2. The molecule has 0 aliphatic carbocycles. The molecule has 13 heteroatoms. The third-order valence-corrected chi connectivity index (χ3v) is 10.7. The van der Waals surface area contributed by atoms with E-state index in [0.717, 1.165) is 20.3 Å². The zero-order valence-electron chi connectivity index (χ0n) is 26.9. The second-order valence-corrected chi connectivity index (χ2v) is 14.1. The van der Waals surface area contributed by atoms with Crippen LogP contribution in [-0.4, -0.2) is 36.3 Å². The van der Waals surface area contributed by atoms with Crippen molar-refractivity contribution in [3.8, 4) is 17.2 Å². The Morgan fingerprint density at radius 3 is 2.61 bits per heavy atom. The Hall–Kier alpha value is -5.11. The molecule has 0 spiro atoms. The van der Waals surface area contributed by atoms with E-state index in [0.29, 0.717) is 60.8 Å². The summed E-state index contributed by atoms with van der Waals surface area (Å²) in [6.45, 7) is 4.33. The van der Waals surface area contributed by atoms with Gasteiger partial charge in [0.2, 0.25) is 0 Å². The van der Waals surface area contributed by atoms with Crippen LogP contribution in [0, 0.1) is 0 Å². The van der Waals surface area contributed by atoms with E-state index in [4.69, 9.17) is 28.6 Å². The van der Waals surface area contributed by atoms with E-state index in [2.05, 4.69) is 5.32 Å². The number of anilines is 1. The molecular formula is C36H30N4O6S3. The van der Waals surface area contributed by atoms with Gasteiger partial charge in [-0.15, -0.1) is 11.3 Å². The second kappa shape index (κ2) is 13.8. The lowest BCUT2D eigenvalue weighted by atomic mass is 9.94. The van der Waals surface area contributed by atoms with Crippen molar-refractivity contribution >= 4 is 62.3 Å². The first-order chi connectivity index (χ1) is 23.8. The van der Waals surface area contributed by atoms with E-state index in [1.165, 1.54) is 23.1 Å². The number of nitrogens with one attached hydrogen (secondary N) is 1. The number of benzene rings is 3. The highest BCUT2D eigenvalue weighted by Crippen LogP contribution is 2.38. The van der Waals surface area contributed by atoms with Crippen molar-refractivity contribution in [2.45, 2.75) is 29.3 Å². The SMILES string of the molecule is CCOc1ccc2nc(Sc3ccc(/C=c4\sc5n(c4=O)[C@H](c4ccc(OC)c(OC)c4)C(C(=O)Nc4ccccc4)=C(C)N=5)o3)sc2c1. The van der Waals surface area contributed by atoms with E-state index < -0.39 is 6.04 Å². The second-order valence-electron chi connectivity index (χ2n) is 10.8. The van der Waals surface area contributed by atoms with E-state index in [9.17, 15) is 9.59 Å². The molecular weight excluding hydrogens is 681 g/mol. The Morgan fingerprint density at radius 2 is 1.84 bits per heavy atom. The van der Waals surface area contributed by atoms with Crippen molar-refractivity contribution in [3.05, 3.63) is 121 Å². The predicted molar refractivity (Wildman–Crippen MR) is 192 cm³/mol. The highest BCUT2D eigenvalue weighted by atomic mass is 32.2. The molecule has 1 amide bonds. The molecule has 49 heavy (non-hydrogen) atoms. The van der Waals surface area contributed by atoms with Gasteiger partial charge >= 0.3 is 0 Å². The van der Waals surface area contributed by atoms with E-state index in [1.807, 2.05) is 61.5 Å². The van der Waals surface area contributed by atoms with Gasteiger partial charge < -0.3 is 23.9 Å². The number of amides is 1. The summed E-state index contributed by atoms with van der Waals surface area (Å²) in [6, 6.07) is 23.3. The number of hydrogen-bond acceptors (Lipinski definition) is 11. The first-order valence-corrected chi connectivity index (χ1v) is 17.7. The van der Waals surface area contributed by atoms with E-state index >= 15 is 0 Å². The van der Waals surface area contributed by atoms with Gasteiger partial charge in [-0.3, -0.25) is 14.2 Å². The van der Waals surface area contributed by atoms with Crippen molar-refractivity contribution in [3.63, 3.8) is 0 Å². The first-order valence-electron chi connectivity index (χ1n) is 15.3. The van der Waals surface area contributed by atoms with Gasteiger partial charge in [0.25, 0.3) is 11.5 Å². The summed E-state index contributed by atoms with van der Waals surface area (Å²) in [5, 5.41) is 3.61. The number of aromatic nitrogens is 2. The summed E-state index contributed by atoms with van der Waals surface area (Å²) < 4.78 is 26.6. The molecule has 0 bridgehead atoms. The standard InChI is InChI=1S/C36H30N4O6S3/c1-5-45-23-12-14-25-28(18-23)48-36(39-25)49-30-16-13-24(46-30)19-29-34(42)40-32(21-11-15-26(43-3)27(17-21)44-4)31(20(2)37-35(40)47-29)33(41)38-22-9-7-6-8-10-22/h6-19,32H,5H2,1-4H3,(H,38,41)/b29-19-/t32-/m1/s1. The predicted octanol–water partition coefficient (Wildman–Crippen LogP) is 6.64. The summed E-state index contributed by atoms with van der Waals surface area (Å²) in [5.74, 6) is 1.96. The zero-order valence-corrected chi connectivity index (χ0v) is 29.3. The smallest absolute Gasteiger partial charge is 0.271 e. The Morgan fingerprint density at radius 1 is 1.02 bits per heavy atom. The molecule has 1 atom stereocenters. The summed E-state index contributed by atoms with van der Waals surface area (Å²) >= 11 is 4.20. The number of para-hydroxylation sites is 1. The lowest BCUT2D eigenvalue weighted by Crippen LogP contribution is -2.40. The monoisotopic (exact) mass is 710 g/mol. The maximum atomic E-state index is 14.2. The van der Waals surface area contributed by atoms with Crippen LogP contribution in [-0.2, 0) is 4.79 Å². The third-order valence-electron chi connectivity index (χ3n) is 7.74. The lowest BCUT2D eigenvalue weighted by Gasteiger charge is -2.26. The van der Waals surface area contributed by atoms with Crippen LogP contribution in [0.15, 0.2) is 114 Å². The Kier molecular flexibility index (Phi) is 9.13. The molecule has 1 aliphatic heterocycles. The number of hydrogen-bond donors (Lipinski definition) is 1. The van der Waals surface area contributed by atoms with Crippen LogP contribution in [0.3, 0.4) is 0 Å². The number of rotatable bonds is 10. The average Bonchev–Trinajstić information content (AvgIpc) is 3.81. The number of fused-ring (bicyclic) bond motifs is 2. The van der Waals surface area contributed by atoms with Crippen molar-refractivity contribution in [1.29, 1.82) is 0 Å². The van der Waals surface area contributed by atoms with Gasteiger partial charge in [0.05, 0.1) is 52.9 Å². The highest BCUT2D eigenvalue weighted by molar-refractivity contribution is 8.01. The molecule has 10 nitrogen and oxygen atoms in total. The molecule has 0 unspecified atom stereocenters. The van der Waals surface area contributed by atoms with Gasteiger partial charge in [0.15, 0.2) is 25.7 Å². The molecule has 6 aromatic rings. The van der Waals surface area contributed by atoms with Crippen molar-refractivity contribution in [1.82, 2.24) is 9.55 Å². The van der Waals surface area contributed by atoms with E-state index in [-0.39, 0.29) is 11.5 Å². The minimum atomic E-state index is -0.785. The van der Waals surface area contributed by atoms with Crippen LogP contribution in [0.1, 0.15) is 31.2 Å². The summed E-state index contributed by atoms with van der Waals surface area (Å²) in [6.07, 6.45) is 1.70. The molecule has 1 aliphatic rings. The molecule has 0 saturated heterocycles. The van der Waals surface area contributed by atoms with Gasteiger partial charge in [-0.25, -0.2) is 9.98 Å². The lowest BCUT2D eigenvalue weighted by molar-refractivity contribution is -0.113. The van der Waals surface area contributed by atoms with Crippen molar-refractivity contribution < 1.29 is 23.4 Å². The quantitative estimate of drug-likeness (QED) is 0.168. The molecule has 0 fully saturated rings. The number of carbonyl (C=O) groups is 1. The molecule has 0 radical (unpaired) electrons. The number of ether oxygens (including phenoxy) is 3. The van der Waals surface area contributed by atoms with Gasteiger partial charge in [-0.1, -0.05) is 35.6 Å². The molecule has 4 heterocycles. The molecule has 0 saturated carbocycles. The topological polar surface area (TPSA) is 117 Å². The number of allylic oxidation sites excluding steroid dienone is 1. The van der Waals surface area contributed by atoms with Crippen molar-refractivity contribution in [2.75, 3.05) is 26.1 Å². The van der Waals surface area contributed by atoms with Gasteiger partial charge in [-0.2, -0.15) is 0 Å². The van der Waals surface area contributed by atoms with Gasteiger partial charge in [-0.05, 0) is 85.8 Å².